The first kappa shape index (κ1) is 5.10. The van der Waals surface area contributed by atoms with Crippen molar-refractivity contribution in [2.45, 2.75) is 47.2 Å². The van der Waals surface area contributed by atoms with Crippen LogP contribution in [-0.4, -0.2) is 0 Å². The summed E-state index contributed by atoms with van der Waals surface area (Å²) in [5, 5.41) is 0. The van der Waals surface area contributed by atoms with Crippen molar-refractivity contribution in [1.82, 2.24) is 0 Å². The van der Waals surface area contributed by atoms with Crippen LogP contribution in [0.2, 0.25) is 47.2 Å². The molecule has 0 radical (unpaired) electrons. The summed E-state index contributed by atoms with van der Waals surface area (Å²) in [6.07, 6.45) is 5.09. The van der Waals surface area contributed by atoms with Gasteiger partial charge in [-0.25, -0.2) is 0 Å². The standard InChI is InChI=1S/2C7H7.Fe/c2*1-2-7-5-3-4-6-7;/h2*2-6H,1H2;. The van der Waals surface area contributed by atoms with Gasteiger partial charge in [0, 0.05) is 0 Å². The van der Waals surface area contributed by atoms with Gasteiger partial charge in [0.15, 0.2) is 0 Å². The van der Waals surface area contributed by atoms with Crippen molar-refractivity contribution in [2.24, 2.45) is 0 Å². The van der Waals surface area contributed by atoms with Gasteiger partial charge in [-0.3, -0.25) is 0 Å². The molecule has 1 spiro atoms. The van der Waals surface area contributed by atoms with Crippen molar-refractivity contribution < 1.29 is 6.51 Å². The number of rotatable bonds is 2. The predicted octanol–water partition coefficient (Wildman–Crippen LogP) is 4.49. The molecule has 0 N–H and O–H groups in total. The van der Waals surface area contributed by atoms with Gasteiger partial charge in [-0.1, -0.05) is 0 Å². The van der Waals surface area contributed by atoms with Crippen LogP contribution in [0.4, 0.5) is 0 Å². The molecule has 0 bridgehead atoms. The summed E-state index contributed by atoms with van der Waals surface area (Å²) in [5.41, 5.74) is 0. The van der Waals surface area contributed by atoms with Gasteiger partial charge in [0.25, 0.3) is 0 Å². The zero-order valence-corrected chi connectivity index (χ0v) is 9.65. The minimum atomic E-state index is -2.96. The first-order chi connectivity index (χ1) is 7.05. The third-order valence-corrected chi connectivity index (χ3v) is 58.8. The van der Waals surface area contributed by atoms with E-state index in [1.165, 1.54) is 38.5 Å². The fourth-order valence-electron chi connectivity index (χ4n) is 18.0. The summed E-state index contributed by atoms with van der Waals surface area (Å²) in [6.45, 7) is 5.68. The van der Waals surface area contributed by atoms with Crippen LogP contribution in [-0.2, 0) is 6.51 Å². The van der Waals surface area contributed by atoms with E-state index in [2.05, 4.69) is 25.3 Å². The molecule has 0 aliphatic carbocycles. The molecule has 0 aromatic heterocycles. The van der Waals surface area contributed by atoms with E-state index in [0.29, 0.717) is 0 Å². The van der Waals surface area contributed by atoms with Gasteiger partial charge in [0.2, 0.25) is 0 Å². The van der Waals surface area contributed by atoms with Crippen molar-refractivity contribution in [2.75, 3.05) is 0 Å². The summed E-state index contributed by atoms with van der Waals surface area (Å²) in [4.78, 5) is 10.9. The molecule has 1 heteroatoms. The molecule has 10 rings (SSSR count). The van der Waals surface area contributed by atoms with E-state index in [-0.39, 0.29) is 0 Å². The minimum absolute atomic E-state index is 0.891. The molecule has 0 amide bonds. The van der Waals surface area contributed by atoms with E-state index in [4.69, 9.17) is 0 Å². The fraction of sp³-hybridized carbons (Fsp3) is 0.714. The van der Waals surface area contributed by atoms with Crippen LogP contribution < -0.4 is 0 Å². The second-order valence-electron chi connectivity index (χ2n) is 10.3. The average Bonchev–Trinajstić information content (AvgIpc) is 3.22. The van der Waals surface area contributed by atoms with Gasteiger partial charge < -0.3 is 0 Å². The quantitative estimate of drug-likeness (QED) is 0.491. The Balaban J connectivity index is 1.96. The summed E-state index contributed by atoms with van der Waals surface area (Å²) in [6, 6.07) is 0. The van der Waals surface area contributed by atoms with Gasteiger partial charge in [0.05, 0.1) is 0 Å². The Bertz CT molecular complexity index is 905. The summed E-state index contributed by atoms with van der Waals surface area (Å²) in [5.74, 6) is 0. The van der Waals surface area contributed by atoms with E-state index in [9.17, 15) is 0 Å². The molecule has 10 aliphatic rings. The Labute approximate surface area is 79.1 Å². The number of fused-ring (bicyclic) bond motifs is 10. The third-order valence-electron chi connectivity index (χ3n) is 15.7. The van der Waals surface area contributed by atoms with E-state index in [0.717, 1.165) is 8.63 Å². The van der Waals surface area contributed by atoms with E-state index in [1.54, 1.807) is 0 Å². The summed E-state index contributed by atoms with van der Waals surface area (Å²) in [7, 11) is 0. The molecule has 0 aromatic rings. The fourth-order valence-corrected chi connectivity index (χ4v) is 93.8. The van der Waals surface area contributed by atoms with Gasteiger partial charge in [-0.2, -0.15) is 0 Å². The van der Waals surface area contributed by atoms with Crippen LogP contribution >= 0.6 is 0 Å². The van der Waals surface area contributed by atoms with Gasteiger partial charge in [0.1, 0.15) is 0 Å². The molecule has 0 nitrogen and oxygen atoms in total. The molecular weight excluding hydrogens is 224 g/mol. The SMILES string of the molecule is C=C[C]12[CH]3[CH]4[CH]5[CH]1[Fe]45321678[CH]2[CH]1[CH]6[C]7(C=C)[CH]28. The van der Waals surface area contributed by atoms with E-state index < -0.39 is 6.51 Å². The first-order valence-corrected chi connectivity index (χ1v) is 12.7. The molecule has 10 fully saturated rings. The Morgan fingerprint density at radius 2 is 1.07 bits per heavy atom. The molecule has 0 saturated carbocycles. The monoisotopic (exact) mass is 238 g/mol. The molecule has 10 saturated heterocycles. The van der Waals surface area contributed by atoms with Crippen molar-refractivity contribution in [1.29, 1.82) is 0 Å². The molecule has 8 unspecified atom stereocenters. The van der Waals surface area contributed by atoms with Crippen LogP contribution in [0.5, 0.6) is 0 Å². The summed E-state index contributed by atoms with van der Waals surface area (Å²) >= 11 is 0. The Hall–Kier alpha value is -0.000519. The third kappa shape index (κ3) is 0.0375. The normalized spacial score (nSPS) is 138. The zero-order valence-electron chi connectivity index (χ0n) is 8.54. The second kappa shape index (κ2) is 0.343. The van der Waals surface area contributed by atoms with Gasteiger partial charge >= 0.3 is 79.0 Å². The molecule has 10 aliphatic heterocycles. The zero-order chi connectivity index (χ0) is 9.35. The molecule has 8 atom stereocenters. The van der Waals surface area contributed by atoms with Crippen LogP contribution in [0.15, 0.2) is 25.3 Å². The molecular formula is C14H14Fe. The average molecular weight is 238 g/mol. The van der Waals surface area contributed by atoms with Crippen LogP contribution in [0.1, 0.15) is 0 Å². The van der Waals surface area contributed by atoms with Gasteiger partial charge in [-0.05, 0) is 0 Å². The Morgan fingerprint density at radius 1 is 0.733 bits per heavy atom. The first-order valence-electron chi connectivity index (χ1n) is 6.54. The Kier molecular flexibility index (Phi) is 0.117. The van der Waals surface area contributed by atoms with Crippen molar-refractivity contribution in [3.63, 3.8) is 0 Å². The van der Waals surface area contributed by atoms with Crippen LogP contribution in [0.3, 0.4) is 0 Å². The maximum atomic E-state index is 4.32. The molecule has 78 valence electrons. The van der Waals surface area contributed by atoms with Crippen LogP contribution in [0.25, 0.3) is 0 Å². The topological polar surface area (TPSA) is 0 Å². The molecule has 10 heterocycles. The number of hydrogen-bond donors (Lipinski definition) is 0. The van der Waals surface area contributed by atoms with E-state index in [1.807, 2.05) is 0 Å². The van der Waals surface area contributed by atoms with Crippen molar-refractivity contribution in [3.8, 4) is 0 Å². The number of hydrogen-bond acceptors (Lipinski definition) is 0. The van der Waals surface area contributed by atoms with Crippen molar-refractivity contribution in [3.05, 3.63) is 25.3 Å². The number of allylic oxidation sites excluding steroid dienone is 2. The second-order valence-corrected chi connectivity index (χ2v) is 33.6. The summed E-state index contributed by atoms with van der Waals surface area (Å²) < 4.78 is 1.78. The predicted molar refractivity (Wildman–Crippen MR) is 55.8 cm³/mol. The maximum absolute atomic E-state index is 4.32. The van der Waals surface area contributed by atoms with Crippen molar-refractivity contribution >= 4 is 0 Å². The van der Waals surface area contributed by atoms with Gasteiger partial charge in [-0.15, -0.1) is 0 Å². The Morgan fingerprint density at radius 3 is 1.20 bits per heavy atom. The molecule has 0 aromatic carbocycles. The van der Waals surface area contributed by atoms with Crippen LogP contribution in [0, 0.1) is 0 Å². The molecule has 15 heavy (non-hydrogen) atoms. The van der Waals surface area contributed by atoms with E-state index >= 15 is 0 Å².